The van der Waals surface area contributed by atoms with E-state index in [2.05, 4.69) is 0 Å². The van der Waals surface area contributed by atoms with Gasteiger partial charge in [0, 0.05) is 11.5 Å². The van der Waals surface area contributed by atoms with Gasteiger partial charge in [-0.05, 0) is 18.9 Å². The van der Waals surface area contributed by atoms with Gasteiger partial charge in [-0.3, -0.25) is 4.79 Å². The van der Waals surface area contributed by atoms with Crippen molar-refractivity contribution in [2.75, 3.05) is 6.61 Å². The van der Waals surface area contributed by atoms with Gasteiger partial charge in [0.2, 0.25) is 0 Å². The summed E-state index contributed by atoms with van der Waals surface area (Å²) >= 11 is 0. The fourth-order valence-electron chi connectivity index (χ4n) is 3.07. The molecule has 1 atom stereocenters. The Morgan fingerprint density at radius 3 is 2.71 bits per heavy atom. The molecule has 90 valence electrons. The van der Waals surface area contributed by atoms with Crippen molar-refractivity contribution in [3.8, 4) is 5.75 Å². The maximum absolute atomic E-state index is 12.5. The second-order valence-corrected chi connectivity index (χ2v) is 5.14. The number of carbonyl (C=O) groups excluding carboxylic acids is 1. The van der Waals surface area contributed by atoms with Gasteiger partial charge in [-0.2, -0.15) is 0 Å². The summed E-state index contributed by atoms with van der Waals surface area (Å²) in [6.45, 7) is 0.550. The van der Waals surface area contributed by atoms with Gasteiger partial charge in [0.15, 0.2) is 0 Å². The maximum Gasteiger partial charge on any atom is 0.146 e. The van der Waals surface area contributed by atoms with Crippen LogP contribution in [0.4, 0.5) is 0 Å². The predicted molar refractivity (Wildman–Crippen MR) is 66.3 cm³/mol. The molecule has 1 saturated carbocycles. The minimum Gasteiger partial charge on any atom is -0.492 e. The molecule has 0 spiro atoms. The number of ether oxygens (including phenoxy) is 1. The lowest BCUT2D eigenvalue weighted by atomic mass is 9.80. The van der Waals surface area contributed by atoms with Crippen LogP contribution in [0.25, 0.3) is 0 Å². The second-order valence-electron chi connectivity index (χ2n) is 5.14. The summed E-state index contributed by atoms with van der Waals surface area (Å²) in [7, 11) is 0. The highest BCUT2D eigenvalue weighted by Crippen LogP contribution is 2.38. The third kappa shape index (κ3) is 1.97. The molecule has 0 aromatic heterocycles. The number of para-hydroxylation sites is 1. The molecule has 1 aromatic rings. The van der Waals surface area contributed by atoms with Gasteiger partial charge in [-0.15, -0.1) is 0 Å². The lowest BCUT2D eigenvalue weighted by molar-refractivity contribution is -0.125. The Morgan fingerprint density at radius 2 is 1.88 bits per heavy atom. The molecular formula is C15H18O2. The molecule has 1 aliphatic heterocycles. The number of hydrogen-bond acceptors (Lipinski definition) is 2. The maximum atomic E-state index is 12.5. The fraction of sp³-hybridized carbons (Fsp3) is 0.533. The molecule has 17 heavy (non-hydrogen) atoms. The molecule has 2 heteroatoms. The third-order valence-corrected chi connectivity index (χ3v) is 4.05. The largest absolute Gasteiger partial charge is 0.492 e. The molecule has 0 saturated heterocycles. The highest BCUT2D eigenvalue weighted by molar-refractivity contribution is 5.89. The normalized spacial score (nSPS) is 24.1. The quantitative estimate of drug-likeness (QED) is 0.779. The lowest BCUT2D eigenvalue weighted by Crippen LogP contribution is -2.25. The van der Waals surface area contributed by atoms with Crippen molar-refractivity contribution in [1.29, 1.82) is 0 Å². The topological polar surface area (TPSA) is 26.3 Å². The number of fused-ring (bicyclic) bond motifs is 1. The van der Waals surface area contributed by atoms with E-state index in [1.54, 1.807) is 0 Å². The molecule has 1 heterocycles. The van der Waals surface area contributed by atoms with Crippen molar-refractivity contribution in [2.45, 2.75) is 38.0 Å². The summed E-state index contributed by atoms with van der Waals surface area (Å²) in [6, 6.07) is 7.96. The van der Waals surface area contributed by atoms with Crippen molar-refractivity contribution in [3.63, 3.8) is 0 Å². The van der Waals surface area contributed by atoms with E-state index < -0.39 is 0 Å². The zero-order valence-corrected chi connectivity index (χ0v) is 10.0. The van der Waals surface area contributed by atoms with Crippen molar-refractivity contribution in [2.24, 2.45) is 5.92 Å². The van der Waals surface area contributed by atoms with Crippen molar-refractivity contribution >= 4 is 5.78 Å². The van der Waals surface area contributed by atoms with E-state index in [1.165, 1.54) is 19.3 Å². The summed E-state index contributed by atoms with van der Waals surface area (Å²) in [5.74, 6) is 1.59. The van der Waals surface area contributed by atoms with E-state index in [9.17, 15) is 4.79 Å². The van der Waals surface area contributed by atoms with E-state index >= 15 is 0 Å². The van der Waals surface area contributed by atoms with E-state index in [-0.39, 0.29) is 11.8 Å². The number of Topliss-reactive ketones (excluding diaryl/α,β-unsaturated/α-hetero) is 1. The molecule has 2 aliphatic rings. The summed E-state index contributed by atoms with van der Waals surface area (Å²) in [4.78, 5) is 12.5. The summed E-state index contributed by atoms with van der Waals surface area (Å²) < 4.78 is 5.60. The lowest BCUT2D eigenvalue weighted by Gasteiger charge is -2.22. The molecule has 1 fully saturated rings. The predicted octanol–water partition coefficient (Wildman–Crippen LogP) is 3.31. The molecule has 0 amide bonds. The van der Waals surface area contributed by atoms with Gasteiger partial charge < -0.3 is 4.74 Å². The average Bonchev–Trinajstić information content (AvgIpc) is 2.83. The van der Waals surface area contributed by atoms with Crippen LogP contribution in [0, 0.1) is 5.92 Å². The van der Waals surface area contributed by atoms with Crippen molar-refractivity contribution in [1.82, 2.24) is 0 Å². The zero-order chi connectivity index (χ0) is 11.7. The number of benzene rings is 1. The third-order valence-electron chi connectivity index (χ3n) is 4.05. The molecule has 1 aliphatic carbocycles. The number of carbonyl (C=O) groups is 1. The van der Waals surface area contributed by atoms with Crippen LogP contribution in [0.2, 0.25) is 0 Å². The number of rotatable bonds is 2. The van der Waals surface area contributed by atoms with Crippen LogP contribution in [-0.4, -0.2) is 12.4 Å². The van der Waals surface area contributed by atoms with E-state index in [1.807, 2.05) is 24.3 Å². The van der Waals surface area contributed by atoms with Crippen LogP contribution in [0.15, 0.2) is 24.3 Å². The second kappa shape index (κ2) is 4.52. The van der Waals surface area contributed by atoms with Crippen LogP contribution in [0.5, 0.6) is 5.75 Å². The first-order valence-electron chi connectivity index (χ1n) is 6.62. The SMILES string of the molecule is O=C(C1CCCCC1)C1COc2ccccc21. The van der Waals surface area contributed by atoms with Crippen LogP contribution in [0.1, 0.15) is 43.6 Å². The van der Waals surface area contributed by atoms with E-state index in [0.29, 0.717) is 12.4 Å². The number of hydrogen-bond donors (Lipinski definition) is 0. The van der Waals surface area contributed by atoms with Crippen LogP contribution < -0.4 is 4.74 Å². The molecule has 0 bridgehead atoms. The number of ketones is 1. The van der Waals surface area contributed by atoms with Gasteiger partial charge in [0.25, 0.3) is 0 Å². The molecule has 3 rings (SSSR count). The van der Waals surface area contributed by atoms with Crippen LogP contribution in [-0.2, 0) is 4.79 Å². The zero-order valence-electron chi connectivity index (χ0n) is 10.0. The van der Waals surface area contributed by atoms with Crippen LogP contribution >= 0.6 is 0 Å². The minimum atomic E-state index is -0.00528. The first-order chi connectivity index (χ1) is 8.36. The van der Waals surface area contributed by atoms with Gasteiger partial charge in [0.05, 0.1) is 5.92 Å². The van der Waals surface area contributed by atoms with Crippen LogP contribution in [0.3, 0.4) is 0 Å². The Kier molecular flexibility index (Phi) is 2.87. The molecule has 1 unspecified atom stereocenters. The molecule has 0 radical (unpaired) electrons. The summed E-state index contributed by atoms with van der Waals surface area (Å²) in [5, 5.41) is 0. The van der Waals surface area contributed by atoms with E-state index in [0.717, 1.165) is 24.2 Å². The highest BCUT2D eigenvalue weighted by Gasteiger charge is 2.34. The standard InChI is InChI=1S/C15H18O2/c16-15(11-6-2-1-3-7-11)13-10-17-14-9-5-4-8-12(13)14/h4-5,8-9,11,13H,1-3,6-7,10H2. The first kappa shape index (κ1) is 10.8. The molecule has 1 aromatic carbocycles. The highest BCUT2D eigenvalue weighted by atomic mass is 16.5. The first-order valence-corrected chi connectivity index (χ1v) is 6.62. The Labute approximate surface area is 102 Å². The Balaban J connectivity index is 1.79. The van der Waals surface area contributed by atoms with E-state index in [4.69, 9.17) is 4.74 Å². The summed E-state index contributed by atoms with van der Waals surface area (Å²) in [5.41, 5.74) is 1.10. The van der Waals surface area contributed by atoms with Gasteiger partial charge in [-0.25, -0.2) is 0 Å². The Bertz CT molecular complexity index is 419. The van der Waals surface area contributed by atoms with Gasteiger partial charge >= 0.3 is 0 Å². The fourth-order valence-corrected chi connectivity index (χ4v) is 3.07. The summed E-state index contributed by atoms with van der Waals surface area (Å²) in [6.07, 6.45) is 5.88. The molecule has 0 N–H and O–H groups in total. The Hall–Kier alpha value is -1.31. The Morgan fingerprint density at radius 1 is 1.12 bits per heavy atom. The smallest absolute Gasteiger partial charge is 0.146 e. The molecular weight excluding hydrogens is 212 g/mol. The van der Waals surface area contributed by atoms with Crippen molar-refractivity contribution < 1.29 is 9.53 Å². The minimum absolute atomic E-state index is 0.00528. The average molecular weight is 230 g/mol. The monoisotopic (exact) mass is 230 g/mol. The van der Waals surface area contributed by atoms with Gasteiger partial charge in [-0.1, -0.05) is 37.5 Å². The van der Waals surface area contributed by atoms with Gasteiger partial charge in [0.1, 0.15) is 18.1 Å². The molecule has 2 nitrogen and oxygen atoms in total. The van der Waals surface area contributed by atoms with Crippen molar-refractivity contribution in [3.05, 3.63) is 29.8 Å².